The molecule has 0 spiro atoms. The average Bonchev–Trinajstić information content (AvgIpc) is 2.27. The lowest BCUT2D eigenvalue weighted by atomic mass is 9.92. The Hall–Kier alpha value is -1.26. The Morgan fingerprint density at radius 2 is 2.00 bits per heavy atom. The van der Waals surface area contributed by atoms with Gasteiger partial charge in [0.05, 0.1) is 20.0 Å². The van der Waals surface area contributed by atoms with Crippen LogP contribution in [0.15, 0.2) is 18.2 Å². The van der Waals surface area contributed by atoms with Crippen LogP contribution in [0.3, 0.4) is 0 Å². The van der Waals surface area contributed by atoms with Crippen molar-refractivity contribution in [2.45, 2.75) is 18.8 Å². The predicted octanol–water partition coefficient (Wildman–Crippen LogP) is 3.11. The Balaban J connectivity index is 3.00. The van der Waals surface area contributed by atoms with Crippen LogP contribution in [0.2, 0.25) is 10.0 Å². The van der Waals surface area contributed by atoms with Crippen LogP contribution in [0, 0.1) is 0 Å². The fourth-order valence-corrected chi connectivity index (χ4v) is 2.18. The zero-order chi connectivity index (χ0) is 13.7. The molecule has 0 heterocycles. The molecule has 1 atom stereocenters. The molecule has 0 saturated carbocycles. The van der Waals surface area contributed by atoms with Gasteiger partial charge in [-0.3, -0.25) is 9.59 Å². The molecule has 0 bridgehead atoms. The van der Waals surface area contributed by atoms with Crippen LogP contribution in [-0.4, -0.2) is 24.2 Å². The second kappa shape index (κ2) is 6.61. The smallest absolute Gasteiger partial charge is 0.306 e. The number of ether oxygens (including phenoxy) is 1. The van der Waals surface area contributed by atoms with Gasteiger partial charge in [-0.2, -0.15) is 0 Å². The first kappa shape index (κ1) is 14.8. The number of hydrogen-bond acceptors (Lipinski definition) is 3. The molecule has 0 aliphatic heterocycles. The normalized spacial score (nSPS) is 11.9. The number of carbonyl (C=O) groups excluding carboxylic acids is 1. The first-order valence-corrected chi connectivity index (χ1v) is 5.93. The van der Waals surface area contributed by atoms with E-state index in [4.69, 9.17) is 28.3 Å². The largest absolute Gasteiger partial charge is 0.481 e. The van der Waals surface area contributed by atoms with Gasteiger partial charge >= 0.3 is 11.9 Å². The lowest BCUT2D eigenvalue weighted by Crippen LogP contribution is -2.13. The van der Waals surface area contributed by atoms with Crippen LogP contribution in [0.25, 0.3) is 0 Å². The highest BCUT2D eigenvalue weighted by molar-refractivity contribution is 6.35. The van der Waals surface area contributed by atoms with Crippen LogP contribution in [-0.2, 0) is 14.3 Å². The fourth-order valence-electron chi connectivity index (χ4n) is 1.62. The SMILES string of the molecule is COC(=O)CC(CC(=O)O)c1ccc(Cl)cc1Cl. The number of esters is 1. The highest BCUT2D eigenvalue weighted by atomic mass is 35.5. The van der Waals surface area contributed by atoms with E-state index in [1.807, 2.05) is 0 Å². The van der Waals surface area contributed by atoms with Crippen LogP contribution < -0.4 is 0 Å². The minimum atomic E-state index is -1.00. The van der Waals surface area contributed by atoms with Gasteiger partial charge in [0, 0.05) is 16.0 Å². The van der Waals surface area contributed by atoms with Crippen molar-refractivity contribution in [3.05, 3.63) is 33.8 Å². The minimum absolute atomic E-state index is 0.0375. The molecule has 0 saturated heterocycles. The van der Waals surface area contributed by atoms with Crippen LogP contribution in [0.1, 0.15) is 24.3 Å². The summed E-state index contributed by atoms with van der Waals surface area (Å²) in [5.41, 5.74) is 0.578. The van der Waals surface area contributed by atoms with Gasteiger partial charge in [-0.25, -0.2) is 0 Å². The molecule has 0 aromatic heterocycles. The van der Waals surface area contributed by atoms with E-state index in [-0.39, 0.29) is 12.8 Å². The maximum Gasteiger partial charge on any atom is 0.306 e. The average molecular weight is 291 g/mol. The number of carboxylic acid groups (broad SMARTS) is 1. The van der Waals surface area contributed by atoms with Crippen molar-refractivity contribution in [3.63, 3.8) is 0 Å². The predicted molar refractivity (Wildman–Crippen MR) is 68.1 cm³/mol. The summed E-state index contributed by atoms with van der Waals surface area (Å²) in [6, 6.07) is 4.75. The number of carboxylic acids is 1. The van der Waals surface area contributed by atoms with Gasteiger partial charge in [0.1, 0.15) is 0 Å². The number of methoxy groups -OCH3 is 1. The molecule has 0 amide bonds. The number of hydrogen-bond donors (Lipinski definition) is 1. The maximum atomic E-state index is 11.3. The third kappa shape index (κ3) is 4.20. The van der Waals surface area contributed by atoms with Gasteiger partial charge in [0.15, 0.2) is 0 Å². The van der Waals surface area contributed by atoms with Crippen molar-refractivity contribution < 1.29 is 19.4 Å². The molecule has 18 heavy (non-hydrogen) atoms. The van der Waals surface area contributed by atoms with Crippen molar-refractivity contribution in [1.29, 1.82) is 0 Å². The monoisotopic (exact) mass is 290 g/mol. The summed E-state index contributed by atoms with van der Waals surface area (Å²) in [5, 5.41) is 9.65. The summed E-state index contributed by atoms with van der Waals surface area (Å²) >= 11 is 11.8. The molecule has 1 aromatic rings. The Morgan fingerprint density at radius 3 is 2.50 bits per heavy atom. The first-order valence-electron chi connectivity index (χ1n) is 5.17. The van der Waals surface area contributed by atoms with E-state index in [2.05, 4.69) is 4.74 Å². The van der Waals surface area contributed by atoms with Gasteiger partial charge in [-0.05, 0) is 17.7 Å². The zero-order valence-corrected chi connectivity index (χ0v) is 11.2. The van der Waals surface area contributed by atoms with Crippen molar-refractivity contribution >= 4 is 35.1 Å². The van der Waals surface area contributed by atoms with Gasteiger partial charge < -0.3 is 9.84 Å². The summed E-state index contributed by atoms with van der Waals surface area (Å²) in [4.78, 5) is 22.1. The second-order valence-electron chi connectivity index (χ2n) is 3.74. The molecule has 0 aliphatic carbocycles. The molecule has 0 aliphatic rings. The maximum absolute atomic E-state index is 11.3. The highest BCUT2D eigenvalue weighted by Crippen LogP contribution is 2.32. The molecule has 6 heteroatoms. The Bertz CT molecular complexity index is 459. The summed E-state index contributed by atoms with van der Waals surface area (Å²) < 4.78 is 4.55. The third-order valence-corrected chi connectivity index (χ3v) is 3.03. The molecule has 1 aromatic carbocycles. The molecule has 1 rings (SSSR count). The lowest BCUT2D eigenvalue weighted by molar-refractivity contribution is -0.141. The van der Waals surface area contributed by atoms with E-state index in [1.54, 1.807) is 12.1 Å². The quantitative estimate of drug-likeness (QED) is 0.847. The topological polar surface area (TPSA) is 63.6 Å². The second-order valence-corrected chi connectivity index (χ2v) is 4.58. The van der Waals surface area contributed by atoms with Crippen LogP contribution >= 0.6 is 23.2 Å². The molecular formula is C12H12Cl2O4. The molecule has 0 fully saturated rings. The number of halogens is 2. The molecule has 1 N–H and O–H groups in total. The van der Waals surface area contributed by atoms with Gasteiger partial charge in [-0.15, -0.1) is 0 Å². The van der Waals surface area contributed by atoms with E-state index >= 15 is 0 Å². The first-order chi connectivity index (χ1) is 8.43. The number of carbonyl (C=O) groups is 2. The van der Waals surface area contributed by atoms with Gasteiger partial charge in [-0.1, -0.05) is 29.3 Å². The molecular weight excluding hydrogens is 279 g/mol. The van der Waals surface area contributed by atoms with Crippen LogP contribution in [0.4, 0.5) is 0 Å². The zero-order valence-electron chi connectivity index (χ0n) is 9.65. The van der Waals surface area contributed by atoms with Crippen LogP contribution in [0.5, 0.6) is 0 Å². The molecule has 1 unspecified atom stereocenters. The summed E-state index contributed by atoms with van der Waals surface area (Å²) in [6.07, 6.45) is -0.236. The van der Waals surface area contributed by atoms with E-state index in [1.165, 1.54) is 13.2 Å². The standard InChI is InChI=1S/C12H12Cl2O4/c1-18-12(17)5-7(4-11(15)16)9-3-2-8(13)6-10(9)14/h2-3,6-7H,4-5H2,1H3,(H,15,16). The van der Waals surface area contributed by atoms with Crippen molar-refractivity contribution in [1.82, 2.24) is 0 Å². The van der Waals surface area contributed by atoms with E-state index in [0.717, 1.165) is 0 Å². The molecule has 98 valence electrons. The van der Waals surface area contributed by atoms with Crippen molar-refractivity contribution in [2.24, 2.45) is 0 Å². The number of aliphatic carboxylic acids is 1. The molecule has 4 nitrogen and oxygen atoms in total. The minimum Gasteiger partial charge on any atom is -0.481 e. The third-order valence-electron chi connectivity index (χ3n) is 2.46. The van der Waals surface area contributed by atoms with E-state index < -0.39 is 17.9 Å². The Morgan fingerprint density at radius 1 is 1.33 bits per heavy atom. The number of benzene rings is 1. The molecule has 0 radical (unpaired) electrons. The van der Waals surface area contributed by atoms with E-state index in [0.29, 0.717) is 15.6 Å². The van der Waals surface area contributed by atoms with E-state index in [9.17, 15) is 9.59 Å². The fraction of sp³-hybridized carbons (Fsp3) is 0.333. The van der Waals surface area contributed by atoms with Gasteiger partial charge in [0.2, 0.25) is 0 Å². The highest BCUT2D eigenvalue weighted by Gasteiger charge is 2.22. The summed E-state index contributed by atoms with van der Waals surface area (Å²) in [5.74, 6) is -2.01. The van der Waals surface area contributed by atoms with Crippen molar-refractivity contribution in [2.75, 3.05) is 7.11 Å². The Kier molecular flexibility index (Phi) is 5.44. The van der Waals surface area contributed by atoms with Crippen molar-refractivity contribution in [3.8, 4) is 0 Å². The van der Waals surface area contributed by atoms with Gasteiger partial charge in [0.25, 0.3) is 0 Å². The Labute approximate surface area is 114 Å². The summed E-state index contributed by atoms with van der Waals surface area (Å²) in [7, 11) is 1.25. The number of rotatable bonds is 5. The lowest BCUT2D eigenvalue weighted by Gasteiger charge is -2.15. The summed E-state index contributed by atoms with van der Waals surface area (Å²) in [6.45, 7) is 0.